The third-order valence-electron chi connectivity index (χ3n) is 14.0. The third kappa shape index (κ3) is 36.0. The zero-order valence-corrected chi connectivity index (χ0v) is 81.6. The number of carbonyl (C=O) groups is 4. The minimum Gasteiger partial charge on any atom is -0.735 e. The number of ether oxygens (including phenoxy) is 11. The van der Waals surface area contributed by atoms with Crippen molar-refractivity contribution >= 4 is 96.4 Å². The number of nitrogens with two attached hydrogens (primary N) is 1. The number of carbonyl (C=O) groups excluding carboxylic acids is 4. The van der Waals surface area contributed by atoms with Gasteiger partial charge in [-0.2, -0.15) is 18.6 Å². The van der Waals surface area contributed by atoms with Gasteiger partial charge >= 0.3 is 276 Å². The van der Waals surface area contributed by atoms with Crippen molar-refractivity contribution in [3.63, 3.8) is 0 Å². The summed E-state index contributed by atoms with van der Waals surface area (Å²) in [5.74, 6) is -5.39. The van der Waals surface area contributed by atoms with Crippen LogP contribution in [0.15, 0.2) is 11.8 Å². The van der Waals surface area contributed by atoms with Crippen LogP contribution in [0.4, 0.5) is 0 Å². The van der Waals surface area contributed by atoms with E-state index in [4.69, 9.17) is 62.2 Å². The predicted molar refractivity (Wildman–Crippen MR) is 271 cm³/mol. The van der Waals surface area contributed by atoms with E-state index in [9.17, 15) is 162 Å². The molecule has 0 spiro atoms. The van der Waals surface area contributed by atoms with Gasteiger partial charge in [0.25, 0.3) is 0 Å². The van der Waals surface area contributed by atoms with Gasteiger partial charge in [-0.05, 0) is 6.08 Å². The first kappa shape index (κ1) is 121. The largest absolute Gasteiger partial charge is 1.00 e. The maximum atomic E-state index is 13.1. The van der Waals surface area contributed by atoms with Gasteiger partial charge in [-0.1, -0.05) is 0 Å². The summed E-state index contributed by atoms with van der Waals surface area (Å²) in [5.41, 5.74) is 0. The Morgan fingerprint density at radius 3 is 1.22 bits per heavy atom. The van der Waals surface area contributed by atoms with Crippen LogP contribution in [-0.4, -0.2) is 343 Å². The number of aliphatic hydroxyl groups is 8. The van der Waals surface area contributed by atoms with Gasteiger partial charge in [-0.25, -0.2) is 64.1 Å². The van der Waals surface area contributed by atoms with Crippen LogP contribution in [0.25, 0.3) is 0 Å². The molecule has 0 bridgehead atoms. The van der Waals surface area contributed by atoms with E-state index in [2.05, 4.69) is 21.0 Å². The smallest absolute Gasteiger partial charge is 0.735 e. The van der Waals surface area contributed by atoms with E-state index in [1.807, 2.05) is 5.32 Å². The summed E-state index contributed by atoms with van der Waals surface area (Å²) in [4.78, 5) is 50.0. The van der Waals surface area contributed by atoms with Crippen LogP contribution >= 0.6 is 0 Å². The van der Waals surface area contributed by atoms with Crippen molar-refractivity contribution in [2.24, 2.45) is 5.90 Å². The molecule has 5 fully saturated rings. The molecule has 0 saturated carbocycles. The molecule has 0 aromatic heterocycles. The molecule has 6 heterocycles. The van der Waals surface area contributed by atoms with Gasteiger partial charge in [-0.3, -0.25) is 21.5 Å². The molecule has 5 saturated heterocycles. The van der Waals surface area contributed by atoms with Gasteiger partial charge in [0.1, 0.15) is 140 Å². The average Bonchev–Trinajstić information content (AvgIpc) is 0.753. The number of hydrogen-bond acceptors (Lipinski definition) is 53. The van der Waals surface area contributed by atoms with Crippen LogP contribution in [-0.2, 0) is 169 Å². The fraction of sp³-hybridized carbons (Fsp3) is 0.842. The first-order valence-electron chi connectivity index (χ1n) is 26.6. The Bertz CT molecular complexity index is 3860. The maximum Gasteiger partial charge on any atom is 1.00 e. The Morgan fingerprint density at radius 1 is 0.427 bits per heavy atom. The molecule has 0 aromatic rings. The van der Waals surface area contributed by atoms with Crippen molar-refractivity contribution in [3.8, 4) is 0 Å². The number of carboxylic acid groups (broad SMARTS) is 3. The van der Waals surface area contributed by atoms with E-state index in [0.29, 0.717) is 13.0 Å². The zero-order chi connectivity index (χ0) is 76.5. The van der Waals surface area contributed by atoms with Crippen molar-refractivity contribution in [2.45, 2.75) is 179 Å². The molecule has 0 aromatic carbocycles. The topological polar surface area (TPSA) is 896 Å². The minimum atomic E-state index is -6.50. The molecule has 13 N–H and O–H groups in total. The Hall–Kier alpha value is 4.75. The number of amides is 1. The summed E-state index contributed by atoms with van der Waals surface area (Å²) >= 11 is 0. The molecule has 56 nitrogen and oxygen atoms in total. The Balaban J connectivity index is -0.00000624. The molecule has 1 amide bonds. The third-order valence-corrected chi connectivity index (χ3v) is 17.6. The van der Waals surface area contributed by atoms with E-state index >= 15 is 0 Å². The van der Waals surface area contributed by atoms with Crippen LogP contribution in [0.5, 0.6) is 0 Å². The molecule has 72 heteroatoms. The molecule has 110 heavy (non-hydrogen) atoms. The monoisotopic (exact) mass is 1830 g/mol. The van der Waals surface area contributed by atoms with Crippen LogP contribution in [0.1, 0.15) is 6.92 Å². The summed E-state index contributed by atoms with van der Waals surface area (Å²) in [6.07, 6.45) is -73.4. The average molecular weight is 1830 g/mol. The maximum absolute atomic E-state index is 13.1. The van der Waals surface area contributed by atoms with Crippen molar-refractivity contribution in [3.05, 3.63) is 11.8 Å². The van der Waals surface area contributed by atoms with Crippen LogP contribution in [0.2, 0.25) is 0 Å². The van der Waals surface area contributed by atoms with E-state index < -0.39 is 294 Å². The second-order valence-electron chi connectivity index (χ2n) is 20.9. The van der Waals surface area contributed by atoms with Crippen molar-refractivity contribution in [1.29, 1.82) is 0 Å². The SMILES string of the molecule is CC(=O)N[C@H]1[C@@H](O[C@H]2[C@H](O)[C@@H](O)[C@H](O[C@H]3[C@H](OS(=O)(=O)ON)[C@@H](NS(=O)(=O)[O-])[C@@H](O[C@H]4[C@H](O)[C@@H](OS(=O)(=O)[O-])[C@H](O[C@H]5[C@H](O)[C@@H](NS(=O)(=O)[O-])C(O)O[C@@H]5COS(=O)(=O)[O-])O[C@H]4C(=O)[O-])O[C@@H]3COS(=O)(=O)[O-])O[C@@H]2C(=O)[O-])O[C@H](COS(=O)(=O)[O-])[C@@H](O[C@@H]2OC(C(=O)[O-])=C[C@H](O)[C@H]2O)[C@@H]1O.[Na+].[Na+].[Na+].[Na+].[Na+].[Na+].[Na+].[Na+].[Na+]. The van der Waals surface area contributed by atoms with E-state index in [0.717, 1.165) is 9.44 Å². The number of nitrogens with one attached hydrogen (secondary N) is 3. The zero-order valence-electron chi connectivity index (χ0n) is 57.8. The minimum absolute atomic E-state index is 0. The fourth-order valence-electron chi connectivity index (χ4n) is 10.0. The van der Waals surface area contributed by atoms with Crippen molar-refractivity contribution < 1.29 is 505 Å². The van der Waals surface area contributed by atoms with Gasteiger partial charge < -0.3 is 155 Å². The first-order valence-corrected chi connectivity index (χ1v) is 36.1. The fourth-order valence-corrected chi connectivity index (χ4v) is 13.1. The Kier molecular flexibility index (Phi) is 55.2. The molecular formula is C38H51N4Na9O52S7. The molecule has 6 aliphatic heterocycles. The summed E-state index contributed by atoms with van der Waals surface area (Å²) in [6, 6.07) is -8.44. The molecule has 6 rings (SSSR count). The van der Waals surface area contributed by atoms with Crippen LogP contribution in [0.3, 0.4) is 0 Å². The molecule has 0 aliphatic carbocycles. The van der Waals surface area contributed by atoms with E-state index in [1.54, 1.807) is 0 Å². The molecule has 586 valence electrons. The van der Waals surface area contributed by atoms with Gasteiger partial charge in [0.15, 0.2) is 58.2 Å². The second kappa shape index (κ2) is 50.2. The summed E-state index contributed by atoms with van der Waals surface area (Å²) in [6.45, 7) is -4.87. The predicted octanol–water partition coefficient (Wildman–Crippen LogP) is -48.3. The number of hydrogen-bond donors (Lipinski definition) is 12. The number of aliphatic hydroxyl groups excluding tert-OH is 8. The van der Waals surface area contributed by atoms with Crippen molar-refractivity contribution in [1.82, 2.24) is 14.8 Å². The summed E-state index contributed by atoms with van der Waals surface area (Å²) in [7, 11) is -43.0. The number of aliphatic carboxylic acids is 3. The number of rotatable bonds is 32. The molecular weight excluding hydrogens is 1780 g/mol. The Morgan fingerprint density at radius 2 is 0.809 bits per heavy atom. The Labute approximate surface area is 819 Å². The summed E-state index contributed by atoms with van der Waals surface area (Å²) < 4.78 is 325. The summed E-state index contributed by atoms with van der Waals surface area (Å²) in [5, 5.41) is 128. The normalized spacial score (nSPS) is 35.5. The van der Waals surface area contributed by atoms with Gasteiger partial charge in [0.05, 0.1) is 31.8 Å². The van der Waals surface area contributed by atoms with Gasteiger partial charge in [0, 0.05) is 6.92 Å². The standard InChI is InChI=1S/C38H60N4O52S7.9Na/c1-6(43)40-13-17(47)22(85-36-15(45)7(44)2-8(82-36)30(51)52)10(4-79-98(67,68)69)83-34(13)88-25-18(48)19(49)37(90-28(25)31(53)54)87-23-11(5-80-99(70,71)72)84-35(14(42-96(61,62)63)24(23)93-101(76,77)94-39)89-26-20(50)27(92-100(73,74)75)38(91-29(26)32(55)56)86-21-9(3-78-97(64,65)66)81-33(57)12(16(21)46)41-95(58,59)60;;;;;;;;;/h2,7,9-29,33-38,41-42,44-50,57H,3-5,39H2,1H3,(H,40,43)(H,51,52)(H,53,54)(H,55,56)(H,58,59,60)(H,61,62,63)(H,64,65,66)(H,67,68,69)(H,70,71,72)(H,73,74,75);;;;;;;;;/q;9*+1/p-9/t7-,9+,10+,11+,12+,13+,14+,15+,16+,17+,18+,19+,20-,21+,22+,23+,24+,25-,26-,27+,28-,29+,33?,34+,35+,36-,37+,38+;;;;;;;;;/m0........./s1. The number of carboxylic acids is 3. The van der Waals surface area contributed by atoms with E-state index in [-0.39, 0.29) is 266 Å². The van der Waals surface area contributed by atoms with Gasteiger partial charge in [-0.15, -0.1) is 0 Å². The quantitative estimate of drug-likeness (QED) is 0.0129. The molecule has 6 aliphatic rings. The van der Waals surface area contributed by atoms with Crippen LogP contribution < -0.4 is 302 Å². The molecule has 1 unspecified atom stereocenters. The van der Waals surface area contributed by atoms with Crippen LogP contribution in [0, 0.1) is 0 Å². The van der Waals surface area contributed by atoms with E-state index in [1.165, 1.54) is 0 Å². The van der Waals surface area contributed by atoms with Crippen molar-refractivity contribution in [2.75, 3.05) is 19.8 Å². The first-order chi connectivity index (χ1) is 46.1. The molecule has 28 atom stereocenters. The molecule has 0 radical (unpaired) electrons. The second-order valence-corrected chi connectivity index (χ2v) is 28.6. The van der Waals surface area contributed by atoms with Gasteiger partial charge in [0.2, 0.25) is 53.8 Å².